The van der Waals surface area contributed by atoms with Gasteiger partial charge in [-0.3, -0.25) is 0 Å². The first kappa shape index (κ1) is 26.8. The Balaban J connectivity index is 1.44. The summed E-state index contributed by atoms with van der Waals surface area (Å²) < 4.78 is 82.3. The molecule has 0 amide bonds. The molecule has 1 aliphatic heterocycles. The maximum Gasteiger partial charge on any atom is 0.243 e. The van der Waals surface area contributed by atoms with E-state index in [0.29, 0.717) is 0 Å². The Morgan fingerprint density at radius 2 is 1.32 bits per heavy atom. The molecule has 8 nitrogen and oxygen atoms in total. The molecule has 0 saturated carbocycles. The molecule has 1 atom stereocenters. The van der Waals surface area contributed by atoms with Crippen LogP contribution in [0.25, 0.3) is 21.5 Å². The molecule has 1 fully saturated rings. The van der Waals surface area contributed by atoms with E-state index >= 15 is 0 Å². The summed E-state index contributed by atoms with van der Waals surface area (Å²) in [7, 11) is -11.5. The summed E-state index contributed by atoms with van der Waals surface area (Å²) >= 11 is 0. The van der Waals surface area contributed by atoms with E-state index in [-0.39, 0.29) is 40.8 Å². The van der Waals surface area contributed by atoms with E-state index in [9.17, 15) is 25.3 Å². The van der Waals surface area contributed by atoms with Crippen LogP contribution in [0, 0.1) is 0 Å². The predicted molar refractivity (Wildman–Crippen MR) is 149 cm³/mol. The molecule has 0 aliphatic carbocycles. The van der Waals surface area contributed by atoms with Crippen molar-refractivity contribution in [1.82, 2.24) is 9.03 Å². The van der Waals surface area contributed by atoms with Gasteiger partial charge >= 0.3 is 0 Å². The molecule has 1 aliphatic rings. The molecule has 1 N–H and O–H groups in total. The van der Waals surface area contributed by atoms with Crippen molar-refractivity contribution in [3.8, 4) is 0 Å². The van der Waals surface area contributed by atoms with Crippen LogP contribution in [-0.4, -0.2) is 59.7 Å². The van der Waals surface area contributed by atoms with Crippen molar-refractivity contribution in [2.45, 2.75) is 28.7 Å². The summed E-state index contributed by atoms with van der Waals surface area (Å²) in [6, 6.07) is 24.2. The maximum atomic E-state index is 13.9. The lowest BCUT2D eigenvalue weighted by molar-refractivity contribution is 0.236. The minimum atomic E-state index is -4.16. The third-order valence-electron chi connectivity index (χ3n) is 7.03. The highest BCUT2D eigenvalue weighted by molar-refractivity contribution is 7.92. The van der Waals surface area contributed by atoms with Crippen molar-refractivity contribution in [3.05, 3.63) is 84.9 Å². The lowest BCUT2D eigenvalue weighted by Crippen LogP contribution is -2.53. The van der Waals surface area contributed by atoms with Gasteiger partial charge in [-0.15, -0.1) is 0 Å². The lowest BCUT2D eigenvalue weighted by atomic mass is 10.0. The Kier molecular flexibility index (Phi) is 6.85. The second kappa shape index (κ2) is 9.73. The van der Waals surface area contributed by atoms with E-state index in [2.05, 4.69) is 4.72 Å². The molecule has 0 spiro atoms. The number of nitrogens with zero attached hydrogens (tertiary/aromatic N) is 1. The molecular weight excluding hydrogens is 545 g/mol. The molecular formula is C27H28N2O6S3. The van der Waals surface area contributed by atoms with Crippen molar-refractivity contribution in [2.75, 3.05) is 24.6 Å². The maximum absolute atomic E-state index is 13.9. The molecule has 200 valence electrons. The first-order valence-electron chi connectivity index (χ1n) is 12.1. The number of hydrogen-bond acceptors (Lipinski definition) is 6. The molecule has 4 aromatic carbocycles. The quantitative estimate of drug-likeness (QED) is 0.345. The average Bonchev–Trinajstić information content (AvgIpc) is 3.18. The van der Waals surface area contributed by atoms with E-state index < -0.39 is 35.4 Å². The lowest BCUT2D eigenvalue weighted by Gasteiger charge is -2.36. The molecule has 1 heterocycles. The van der Waals surface area contributed by atoms with Crippen LogP contribution in [0.4, 0.5) is 0 Å². The molecule has 0 radical (unpaired) electrons. The van der Waals surface area contributed by atoms with Gasteiger partial charge in [0.15, 0.2) is 9.84 Å². The molecule has 0 bridgehead atoms. The van der Waals surface area contributed by atoms with Gasteiger partial charge in [0.2, 0.25) is 20.0 Å². The third kappa shape index (κ3) is 5.21. The highest BCUT2D eigenvalue weighted by atomic mass is 32.2. The van der Waals surface area contributed by atoms with Gasteiger partial charge in [0.05, 0.1) is 21.3 Å². The average molecular weight is 573 g/mol. The summed E-state index contributed by atoms with van der Waals surface area (Å²) in [5.74, 6) is -0.458. The topological polar surface area (TPSA) is 118 Å². The van der Waals surface area contributed by atoms with Gasteiger partial charge in [-0.25, -0.2) is 30.0 Å². The molecule has 5 rings (SSSR count). The zero-order valence-corrected chi connectivity index (χ0v) is 23.2. The number of hydrogen-bond donors (Lipinski definition) is 1. The smallest absolute Gasteiger partial charge is 0.229 e. The van der Waals surface area contributed by atoms with Crippen LogP contribution in [-0.2, 0) is 29.9 Å². The van der Waals surface area contributed by atoms with Crippen LogP contribution in [0.1, 0.15) is 13.3 Å². The Morgan fingerprint density at radius 1 is 0.789 bits per heavy atom. The standard InChI is InChI=1S/C27H28N2O6S3/c1-27(14-17-36(30,31)20-27)29(38(34,35)26-13-11-22-7-3-5-9-24(22)19-26)16-15-28-37(32,33)25-12-10-21-6-2-4-8-23(21)18-25/h2-13,18-19,28H,14-17,20H2,1H3/t27-/m0/s1. The fraction of sp³-hybridized carbons (Fsp3) is 0.259. The van der Waals surface area contributed by atoms with Crippen LogP contribution >= 0.6 is 0 Å². The van der Waals surface area contributed by atoms with E-state index in [1.807, 2.05) is 42.5 Å². The normalized spacial score (nSPS) is 19.8. The zero-order valence-electron chi connectivity index (χ0n) is 20.7. The minimum absolute atomic E-state index is 0.0270. The highest BCUT2D eigenvalue weighted by Gasteiger charge is 2.48. The number of sulfonamides is 2. The van der Waals surface area contributed by atoms with Crippen LogP contribution in [0.5, 0.6) is 0 Å². The largest absolute Gasteiger partial charge is 0.243 e. The van der Waals surface area contributed by atoms with Crippen LogP contribution < -0.4 is 4.72 Å². The van der Waals surface area contributed by atoms with Crippen molar-refractivity contribution >= 4 is 51.4 Å². The Labute approximate surface area is 223 Å². The van der Waals surface area contributed by atoms with E-state index in [1.165, 1.54) is 12.1 Å². The van der Waals surface area contributed by atoms with Gasteiger partial charge in [-0.05, 0) is 59.2 Å². The molecule has 1 saturated heterocycles. The van der Waals surface area contributed by atoms with Crippen LogP contribution in [0.2, 0.25) is 0 Å². The number of rotatable bonds is 8. The molecule has 11 heteroatoms. The van der Waals surface area contributed by atoms with E-state index in [1.54, 1.807) is 37.3 Å². The highest BCUT2D eigenvalue weighted by Crippen LogP contribution is 2.34. The zero-order chi connectivity index (χ0) is 27.2. The van der Waals surface area contributed by atoms with Crippen molar-refractivity contribution in [3.63, 3.8) is 0 Å². The van der Waals surface area contributed by atoms with Crippen molar-refractivity contribution < 1.29 is 25.3 Å². The van der Waals surface area contributed by atoms with Gasteiger partial charge in [-0.1, -0.05) is 60.7 Å². The number of nitrogens with one attached hydrogen (secondary N) is 1. The molecule has 0 aromatic heterocycles. The monoisotopic (exact) mass is 572 g/mol. The van der Waals surface area contributed by atoms with Gasteiger partial charge in [0, 0.05) is 18.6 Å². The van der Waals surface area contributed by atoms with Crippen LogP contribution in [0.15, 0.2) is 94.7 Å². The number of fused-ring (bicyclic) bond motifs is 2. The Hall–Kier alpha value is -2.83. The fourth-order valence-electron chi connectivity index (χ4n) is 5.02. The van der Waals surface area contributed by atoms with Crippen LogP contribution in [0.3, 0.4) is 0 Å². The second-order valence-corrected chi connectivity index (χ2v) is 15.6. The SMILES string of the molecule is C[C@]1(N(CCNS(=O)(=O)c2ccc3ccccc3c2)S(=O)(=O)c2ccc3ccccc3c2)CCS(=O)(=O)C1. The molecule has 0 unspecified atom stereocenters. The number of sulfone groups is 1. The third-order valence-corrected chi connectivity index (χ3v) is 12.4. The van der Waals surface area contributed by atoms with Gasteiger partial charge in [-0.2, -0.15) is 4.31 Å². The van der Waals surface area contributed by atoms with Crippen molar-refractivity contribution in [2.24, 2.45) is 0 Å². The fourth-order valence-corrected chi connectivity index (χ4v) is 10.1. The van der Waals surface area contributed by atoms with Gasteiger partial charge in [0.1, 0.15) is 0 Å². The summed E-state index contributed by atoms with van der Waals surface area (Å²) in [5, 5.41) is 3.26. The van der Waals surface area contributed by atoms with Crippen molar-refractivity contribution in [1.29, 1.82) is 0 Å². The minimum Gasteiger partial charge on any atom is -0.229 e. The summed E-state index contributed by atoms with van der Waals surface area (Å²) in [6.45, 7) is 1.15. The predicted octanol–water partition coefficient (Wildman–Crippen LogP) is 3.54. The summed E-state index contributed by atoms with van der Waals surface area (Å²) in [4.78, 5) is 0.0916. The number of benzene rings is 4. The Morgan fingerprint density at radius 3 is 1.87 bits per heavy atom. The van der Waals surface area contributed by atoms with E-state index in [4.69, 9.17) is 0 Å². The molecule has 4 aromatic rings. The summed E-state index contributed by atoms with van der Waals surface area (Å²) in [6.07, 6.45) is 0.125. The van der Waals surface area contributed by atoms with E-state index in [0.717, 1.165) is 25.9 Å². The Bertz CT molecular complexity index is 1850. The summed E-state index contributed by atoms with van der Waals surface area (Å²) in [5.41, 5.74) is -1.21. The second-order valence-electron chi connectivity index (χ2n) is 9.83. The first-order valence-corrected chi connectivity index (χ1v) is 16.8. The van der Waals surface area contributed by atoms with Gasteiger partial charge in [0.25, 0.3) is 0 Å². The van der Waals surface area contributed by atoms with Gasteiger partial charge < -0.3 is 0 Å². The molecule has 38 heavy (non-hydrogen) atoms. The first-order chi connectivity index (χ1) is 17.9.